The Morgan fingerprint density at radius 1 is 1.25 bits per heavy atom. The Bertz CT molecular complexity index is 485. The lowest BCUT2D eigenvalue weighted by Crippen LogP contribution is -2.61. The van der Waals surface area contributed by atoms with Gasteiger partial charge in [0.15, 0.2) is 0 Å². The van der Waals surface area contributed by atoms with Crippen LogP contribution in [0.5, 0.6) is 0 Å². The molecule has 0 radical (unpaired) electrons. The molecule has 0 saturated heterocycles. The number of carboxylic acids is 2. The molecule has 0 spiro atoms. The fourth-order valence-corrected chi connectivity index (χ4v) is 3.89. The molecular formula is C11H16ClFN2O5. The average molecular weight is 311 g/mol. The normalized spacial score (nSPS) is 41.0. The first kappa shape index (κ1) is 16.6. The van der Waals surface area contributed by atoms with Crippen molar-refractivity contribution in [3.63, 3.8) is 0 Å². The predicted octanol–water partition coefficient (Wildman–Crippen LogP) is -0.629. The summed E-state index contributed by atoms with van der Waals surface area (Å²) in [5, 5.41) is 18.3. The lowest BCUT2D eigenvalue weighted by molar-refractivity contribution is -0.151. The van der Waals surface area contributed by atoms with Crippen LogP contribution in [0.3, 0.4) is 0 Å². The van der Waals surface area contributed by atoms with Gasteiger partial charge in [0.1, 0.15) is 11.7 Å². The van der Waals surface area contributed by atoms with Crippen LogP contribution < -0.4 is 11.5 Å². The Kier molecular flexibility index (Phi) is 3.79. The maximum absolute atomic E-state index is 13.8. The zero-order valence-corrected chi connectivity index (χ0v) is 11.4. The molecule has 2 saturated carbocycles. The van der Waals surface area contributed by atoms with Gasteiger partial charge >= 0.3 is 11.9 Å². The monoisotopic (exact) mass is 310 g/mol. The summed E-state index contributed by atoms with van der Waals surface area (Å²) in [6.45, 7) is 1.18. The number of carboxylic acid groups (broad SMARTS) is 2. The number of rotatable bonds is 4. The summed E-state index contributed by atoms with van der Waals surface area (Å²) in [5.41, 5.74) is 7.42. The second kappa shape index (κ2) is 4.56. The highest BCUT2D eigenvalue weighted by Gasteiger charge is 2.85. The fraction of sp³-hybridized carbons (Fsp3) is 0.727. The summed E-state index contributed by atoms with van der Waals surface area (Å²) < 4.78 is 13.8. The van der Waals surface area contributed by atoms with E-state index in [0.29, 0.717) is 0 Å². The van der Waals surface area contributed by atoms with Gasteiger partial charge < -0.3 is 21.7 Å². The van der Waals surface area contributed by atoms with Gasteiger partial charge in [0, 0.05) is 5.41 Å². The lowest BCUT2D eigenvalue weighted by atomic mass is 9.71. The highest BCUT2D eigenvalue weighted by molar-refractivity contribution is 5.92. The van der Waals surface area contributed by atoms with Gasteiger partial charge in [-0.3, -0.25) is 14.4 Å². The molecule has 0 heterocycles. The van der Waals surface area contributed by atoms with Crippen LogP contribution in [-0.2, 0) is 14.4 Å². The number of hydrogen-bond donors (Lipinski definition) is 4. The zero-order chi connectivity index (χ0) is 14.7. The second-order valence-electron chi connectivity index (χ2n) is 5.49. The van der Waals surface area contributed by atoms with Crippen molar-refractivity contribution in [2.45, 2.75) is 25.1 Å². The van der Waals surface area contributed by atoms with Gasteiger partial charge in [-0.1, -0.05) is 0 Å². The van der Waals surface area contributed by atoms with Gasteiger partial charge in [-0.25, -0.2) is 4.39 Å². The maximum Gasteiger partial charge on any atom is 0.310 e. The van der Waals surface area contributed by atoms with E-state index in [4.69, 9.17) is 21.7 Å². The summed E-state index contributed by atoms with van der Waals surface area (Å²) in [5.74, 6) is -7.34. The van der Waals surface area contributed by atoms with Crippen LogP contribution in [0.4, 0.5) is 4.39 Å². The third-order valence-corrected chi connectivity index (χ3v) is 4.72. The highest BCUT2D eigenvalue weighted by atomic mass is 35.5. The molecule has 114 valence electrons. The summed E-state index contributed by atoms with van der Waals surface area (Å²) in [6, 6.07) is 0. The van der Waals surface area contributed by atoms with E-state index < -0.39 is 52.7 Å². The summed E-state index contributed by atoms with van der Waals surface area (Å²) in [4.78, 5) is 33.9. The minimum atomic E-state index is -1.88. The first-order valence-corrected chi connectivity index (χ1v) is 5.78. The molecule has 6 N–H and O–H groups in total. The van der Waals surface area contributed by atoms with Gasteiger partial charge in [-0.2, -0.15) is 0 Å². The molecule has 1 amide bonds. The van der Waals surface area contributed by atoms with Crippen LogP contribution in [0.25, 0.3) is 0 Å². The van der Waals surface area contributed by atoms with E-state index in [0.717, 1.165) is 0 Å². The first-order chi connectivity index (χ1) is 8.60. The number of nitrogens with two attached hydrogens (primary N) is 2. The Morgan fingerprint density at radius 3 is 2.05 bits per heavy atom. The first-order valence-electron chi connectivity index (χ1n) is 5.78. The van der Waals surface area contributed by atoms with Crippen molar-refractivity contribution in [1.29, 1.82) is 0 Å². The molecule has 6 atom stereocenters. The number of carbonyl (C=O) groups excluding carboxylic acids is 1. The van der Waals surface area contributed by atoms with Gasteiger partial charge in [0.05, 0.1) is 11.8 Å². The molecule has 0 aliphatic heterocycles. The number of primary amides is 1. The van der Waals surface area contributed by atoms with Gasteiger partial charge in [0.25, 0.3) is 0 Å². The van der Waals surface area contributed by atoms with Crippen LogP contribution in [0.1, 0.15) is 13.3 Å². The number of amides is 1. The van der Waals surface area contributed by atoms with E-state index in [1.165, 1.54) is 6.92 Å². The van der Waals surface area contributed by atoms with E-state index in [1.54, 1.807) is 0 Å². The van der Waals surface area contributed by atoms with Gasteiger partial charge in [-0.15, -0.1) is 12.4 Å². The molecule has 0 bridgehead atoms. The molecule has 1 unspecified atom stereocenters. The molecule has 0 aromatic heterocycles. The smallest absolute Gasteiger partial charge is 0.310 e. The molecule has 20 heavy (non-hydrogen) atoms. The van der Waals surface area contributed by atoms with Crippen LogP contribution in [-0.4, -0.2) is 39.8 Å². The van der Waals surface area contributed by atoms with Gasteiger partial charge in [-0.05, 0) is 19.3 Å². The van der Waals surface area contributed by atoms with Crippen molar-refractivity contribution < 1.29 is 29.0 Å². The number of fused-ring (bicyclic) bond motifs is 1. The zero-order valence-electron chi connectivity index (χ0n) is 10.6. The van der Waals surface area contributed by atoms with E-state index in [1.807, 2.05) is 0 Å². The molecular weight excluding hydrogens is 295 g/mol. The van der Waals surface area contributed by atoms with Crippen LogP contribution in [0.15, 0.2) is 0 Å². The van der Waals surface area contributed by atoms with E-state index >= 15 is 0 Å². The highest BCUT2D eigenvalue weighted by Crippen LogP contribution is 2.75. The number of aliphatic carboxylic acids is 2. The number of carbonyl (C=O) groups is 3. The molecule has 2 fully saturated rings. The maximum atomic E-state index is 13.8. The molecule has 2 rings (SSSR count). The quantitative estimate of drug-likeness (QED) is 0.544. The van der Waals surface area contributed by atoms with Gasteiger partial charge in [0.2, 0.25) is 5.91 Å². The topological polar surface area (TPSA) is 144 Å². The van der Waals surface area contributed by atoms with Crippen molar-refractivity contribution in [2.24, 2.45) is 34.6 Å². The van der Waals surface area contributed by atoms with E-state index in [9.17, 15) is 18.8 Å². The average Bonchev–Trinajstić information content (AvgIpc) is 2.77. The van der Waals surface area contributed by atoms with Crippen molar-refractivity contribution in [1.82, 2.24) is 0 Å². The standard InChI is InChI=1S/C11H15FN2O5.ClH/c1-10(14,9(13)19)11-3(5(11)7(15)16)2-4(12)6(11)8(17)18;/h3-6H,2,14H2,1H3,(H2,13,19)(H,15,16)(H,17,18);1H/t3-,4+,5-,6?,10-,11+;/m1./s1. The van der Waals surface area contributed by atoms with Crippen LogP contribution >= 0.6 is 12.4 Å². The molecule has 7 nitrogen and oxygen atoms in total. The third-order valence-electron chi connectivity index (χ3n) is 4.72. The Balaban J connectivity index is 0.00000200. The lowest BCUT2D eigenvalue weighted by Gasteiger charge is -2.35. The largest absolute Gasteiger partial charge is 0.481 e. The van der Waals surface area contributed by atoms with Crippen LogP contribution in [0.2, 0.25) is 0 Å². The second-order valence-corrected chi connectivity index (χ2v) is 5.49. The number of alkyl halides is 1. The third kappa shape index (κ3) is 1.64. The molecule has 2 aliphatic rings. The van der Waals surface area contributed by atoms with Crippen LogP contribution in [0, 0.1) is 23.2 Å². The number of halogens is 2. The molecule has 0 aromatic rings. The Labute approximate surface area is 119 Å². The van der Waals surface area contributed by atoms with E-state index in [-0.39, 0.29) is 18.8 Å². The summed E-state index contributed by atoms with van der Waals surface area (Å²) in [6.07, 6.45) is -1.95. The minimum absolute atomic E-state index is 0. The molecule has 0 aromatic carbocycles. The van der Waals surface area contributed by atoms with Crippen molar-refractivity contribution >= 4 is 30.3 Å². The molecule has 2 aliphatic carbocycles. The van der Waals surface area contributed by atoms with Crippen molar-refractivity contribution in [3.05, 3.63) is 0 Å². The summed E-state index contributed by atoms with van der Waals surface area (Å²) >= 11 is 0. The minimum Gasteiger partial charge on any atom is -0.481 e. The number of hydrogen-bond acceptors (Lipinski definition) is 4. The predicted molar refractivity (Wildman–Crippen MR) is 66.7 cm³/mol. The van der Waals surface area contributed by atoms with Crippen molar-refractivity contribution in [2.75, 3.05) is 0 Å². The molecule has 9 heteroatoms. The fourth-order valence-electron chi connectivity index (χ4n) is 3.89. The van der Waals surface area contributed by atoms with Crippen molar-refractivity contribution in [3.8, 4) is 0 Å². The Hall–Kier alpha value is -1.41. The van der Waals surface area contributed by atoms with E-state index in [2.05, 4.69) is 0 Å². The SMILES string of the molecule is C[C@@](N)(C(N)=O)[C@@]12C(C(=O)O)[C@@H](F)C[C@@H]1[C@@H]2C(=O)O.Cl. The Morgan fingerprint density at radius 2 is 1.70 bits per heavy atom. The summed E-state index contributed by atoms with van der Waals surface area (Å²) in [7, 11) is 0.